The molecule has 7 heteroatoms. The molecule has 1 heterocycles. The summed E-state index contributed by atoms with van der Waals surface area (Å²) in [7, 11) is -3.70. The van der Waals surface area contributed by atoms with Gasteiger partial charge in [-0.1, -0.05) is 103 Å². The predicted octanol–water partition coefficient (Wildman–Crippen LogP) is 8.60. The Labute approximate surface area is 276 Å². The van der Waals surface area contributed by atoms with Gasteiger partial charge < -0.3 is 9.84 Å². The molecule has 1 aliphatic rings. The van der Waals surface area contributed by atoms with E-state index >= 15 is 0 Å². The largest absolute Gasteiger partial charge is 0.489 e. The highest BCUT2D eigenvalue weighted by molar-refractivity contribution is 7.92. The first-order valence-corrected chi connectivity index (χ1v) is 17.3. The summed E-state index contributed by atoms with van der Waals surface area (Å²) in [5.74, 6) is -0.327. The van der Waals surface area contributed by atoms with Crippen molar-refractivity contribution in [2.75, 3.05) is 10.6 Å². The number of hydrogen-bond acceptors (Lipinski definition) is 4. The van der Waals surface area contributed by atoms with Gasteiger partial charge in [-0.25, -0.2) is 8.42 Å². The molecule has 0 aliphatic carbocycles. The molecule has 0 atom stereocenters. The van der Waals surface area contributed by atoms with Crippen molar-refractivity contribution in [2.24, 2.45) is 0 Å². The number of hydrogen-bond donors (Lipinski definition) is 1. The van der Waals surface area contributed by atoms with Gasteiger partial charge in [-0.2, -0.15) is 0 Å². The third-order valence-corrected chi connectivity index (χ3v) is 9.84. The number of aliphatic carboxylic acids is 1. The predicted molar refractivity (Wildman–Crippen MR) is 190 cm³/mol. The number of sulfonamides is 1. The highest BCUT2D eigenvalue weighted by Gasteiger charge is 2.34. The molecule has 6 nitrogen and oxygen atoms in total. The average molecular weight is 644 g/mol. The van der Waals surface area contributed by atoms with Crippen molar-refractivity contribution in [3.05, 3.63) is 142 Å². The molecular formula is C40H37NO5S. The zero-order chi connectivity index (χ0) is 33.3. The molecule has 5 aromatic carbocycles. The summed E-state index contributed by atoms with van der Waals surface area (Å²) >= 11 is 0. The summed E-state index contributed by atoms with van der Waals surface area (Å²) < 4.78 is 34.2. The van der Waals surface area contributed by atoms with Gasteiger partial charge >= 0.3 is 5.97 Å². The summed E-state index contributed by atoms with van der Waals surface area (Å²) in [6, 6.07) is 32.2. The van der Waals surface area contributed by atoms with Crippen LogP contribution in [0, 0.1) is 20.8 Å². The Hall–Kier alpha value is -5.14. The summed E-state index contributed by atoms with van der Waals surface area (Å²) in [4.78, 5) is 12.1. The van der Waals surface area contributed by atoms with E-state index in [0.29, 0.717) is 29.2 Å². The lowest BCUT2D eigenvalue weighted by atomic mass is 9.81. The van der Waals surface area contributed by atoms with Crippen LogP contribution in [-0.2, 0) is 34.4 Å². The van der Waals surface area contributed by atoms with E-state index in [4.69, 9.17) is 4.74 Å². The molecule has 0 spiro atoms. The van der Waals surface area contributed by atoms with Crippen LogP contribution in [0.3, 0.4) is 0 Å². The van der Waals surface area contributed by atoms with E-state index in [2.05, 4.69) is 36.4 Å². The number of fused-ring (bicyclic) bond motifs is 3. The van der Waals surface area contributed by atoms with Crippen LogP contribution in [0.15, 0.2) is 97.1 Å². The number of benzene rings is 5. The van der Waals surface area contributed by atoms with Gasteiger partial charge in [0, 0.05) is 5.56 Å². The van der Waals surface area contributed by atoms with E-state index in [9.17, 15) is 18.3 Å². The SMILES string of the molecule is Cc1ccc(-c2c(C)c3c(c(C)c2CC(=O)O)N(S(C)(=O)=O)Cc2cc(OCc4ccc(/C=C/c5ccccc5)cc4)ccc2-3)cc1. The summed E-state index contributed by atoms with van der Waals surface area (Å²) in [5, 5.41) is 9.88. The minimum atomic E-state index is -3.70. The molecule has 5 aromatic rings. The van der Waals surface area contributed by atoms with Crippen molar-refractivity contribution in [3.63, 3.8) is 0 Å². The van der Waals surface area contributed by atoms with Gasteiger partial charge in [0.1, 0.15) is 12.4 Å². The van der Waals surface area contributed by atoms with Crippen molar-refractivity contribution in [1.29, 1.82) is 0 Å². The minimum Gasteiger partial charge on any atom is -0.489 e. The van der Waals surface area contributed by atoms with Crippen molar-refractivity contribution in [3.8, 4) is 28.0 Å². The molecule has 0 radical (unpaired) electrons. The molecule has 0 saturated heterocycles. The number of aryl methyl sites for hydroxylation is 1. The summed E-state index contributed by atoms with van der Waals surface area (Å²) in [6.45, 7) is 6.28. The van der Waals surface area contributed by atoms with E-state index in [1.165, 1.54) is 10.6 Å². The zero-order valence-corrected chi connectivity index (χ0v) is 27.8. The second-order valence-corrected chi connectivity index (χ2v) is 14.0. The quantitative estimate of drug-likeness (QED) is 0.163. The third-order valence-electron chi connectivity index (χ3n) is 8.73. The maximum atomic E-state index is 13.3. The Morgan fingerprint density at radius 2 is 1.49 bits per heavy atom. The second kappa shape index (κ2) is 12.9. The summed E-state index contributed by atoms with van der Waals surface area (Å²) in [6.07, 6.45) is 5.13. The van der Waals surface area contributed by atoms with E-state index in [1.54, 1.807) is 0 Å². The number of nitrogens with zero attached hydrogens (tertiary/aromatic N) is 1. The first kappa shape index (κ1) is 31.8. The van der Waals surface area contributed by atoms with E-state index in [1.807, 2.05) is 93.6 Å². The fraction of sp³-hybridized carbons (Fsp3) is 0.175. The van der Waals surface area contributed by atoms with Crippen LogP contribution in [0.1, 0.15) is 44.5 Å². The minimum absolute atomic E-state index is 0.123. The van der Waals surface area contributed by atoms with Crippen LogP contribution < -0.4 is 9.04 Å². The molecule has 0 aromatic heterocycles. The lowest BCUT2D eigenvalue weighted by Crippen LogP contribution is -2.33. The lowest BCUT2D eigenvalue weighted by molar-refractivity contribution is -0.136. The Bertz CT molecular complexity index is 2100. The van der Waals surface area contributed by atoms with Gasteiger partial charge in [-0.3, -0.25) is 9.10 Å². The second-order valence-electron chi connectivity index (χ2n) is 12.1. The molecule has 238 valence electrons. The fourth-order valence-electron chi connectivity index (χ4n) is 6.37. The van der Waals surface area contributed by atoms with E-state index in [0.717, 1.165) is 55.6 Å². The monoisotopic (exact) mass is 643 g/mol. The van der Waals surface area contributed by atoms with Gasteiger partial charge in [-0.15, -0.1) is 0 Å². The number of carboxylic acid groups (broad SMARTS) is 1. The Balaban J connectivity index is 1.35. The van der Waals surface area contributed by atoms with Crippen LogP contribution in [0.4, 0.5) is 5.69 Å². The number of rotatable bonds is 9. The zero-order valence-electron chi connectivity index (χ0n) is 26.9. The van der Waals surface area contributed by atoms with Crippen molar-refractivity contribution in [1.82, 2.24) is 0 Å². The lowest BCUT2D eigenvalue weighted by Gasteiger charge is -2.36. The molecule has 0 bridgehead atoms. The summed E-state index contributed by atoms with van der Waals surface area (Å²) in [5.41, 5.74) is 11.3. The molecule has 1 aliphatic heterocycles. The van der Waals surface area contributed by atoms with Gasteiger partial charge in [0.25, 0.3) is 0 Å². The Morgan fingerprint density at radius 3 is 2.13 bits per heavy atom. The molecule has 47 heavy (non-hydrogen) atoms. The Morgan fingerprint density at radius 1 is 0.830 bits per heavy atom. The van der Waals surface area contributed by atoms with Crippen LogP contribution in [-0.4, -0.2) is 25.7 Å². The van der Waals surface area contributed by atoms with Crippen molar-refractivity contribution < 1.29 is 23.1 Å². The molecular weight excluding hydrogens is 607 g/mol. The fourth-order valence-corrected chi connectivity index (χ4v) is 7.30. The van der Waals surface area contributed by atoms with E-state index in [-0.39, 0.29) is 13.0 Å². The average Bonchev–Trinajstić information content (AvgIpc) is 3.05. The molecule has 0 amide bonds. The van der Waals surface area contributed by atoms with Crippen molar-refractivity contribution >= 4 is 33.8 Å². The first-order valence-electron chi connectivity index (χ1n) is 15.5. The first-order chi connectivity index (χ1) is 22.5. The Kier molecular flexibility index (Phi) is 8.76. The number of carboxylic acids is 1. The van der Waals surface area contributed by atoms with Gasteiger partial charge in [0.05, 0.1) is 24.9 Å². The molecule has 6 rings (SSSR count). The number of anilines is 1. The highest BCUT2D eigenvalue weighted by Crippen LogP contribution is 2.50. The number of carbonyl (C=O) groups is 1. The standard InChI is InChI=1S/C40H37NO5S/c1-26-10-18-32(19-11-26)38-28(3)39-35-21-20-34(46-25-31-16-14-30(15-17-31)13-12-29-8-6-5-7-9-29)22-33(35)24-41(47(4,44)45)40(39)27(2)36(38)23-37(42)43/h5-22H,23-25H2,1-4H3,(H,42,43)/b13-12+. The number of ether oxygens (including phenoxy) is 1. The normalized spacial score (nSPS) is 12.6. The van der Waals surface area contributed by atoms with Crippen molar-refractivity contribution in [2.45, 2.75) is 40.3 Å². The third kappa shape index (κ3) is 6.71. The van der Waals surface area contributed by atoms with Gasteiger partial charge in [-0.05, 0) is 88.5 Å². The van der Waals surface area contributed by atoms with E-state index < -0.39 is 16.0 Å². The molecule has 1 N–H and O–H groups in total. The smallest absolute Gasteiger partial charge is 0.307 e. The van der Waals surface area contributed by atoms with Crippen LogP contribution in [0.5, 0.6) is 5.75 Å². The van der Waals surface area contributed by atoms with Gasteiger partial charge in [0.15, 0.2) is 0 Å². The van der Waals surface area contributed by atoms with Crippen LogP contribution in [0.25, 0.3) is 34.4 Å². The van der Waals surface area contributed by atoms with Crippen LogP contribution >= 0.6 is 0 Å². The molecule has 0 saturated carbocycles. The maximum Gasteiger partial charge on any atom is 0.307 e. The topological polar surface area (TPSA) is 83.9 Å². The molecule has 0 fully saturated rings. The van der Waals surface area contributed by atoms with Gasteiger partial charge in [0.2, 0.25) is 10.0 Å². The van der Waals surface area contributed by atoms with Crippen LogP contribution in [0.2, 0.25) is 0 Å². The highest BCUT2D eigenvalue weighted by atomic mass is 32.2. The molecule has 0 unspecified atom stereocenters. The maximum absolute atomic E-state index is 13.3.